The van der Waals surface area contributed by atoms with Crippen LogP contribution in [0.3, 0.4) is 0 Å². The minimum absolute atomic E-state index is 0.0745. The van der Waals surface area contributed by atoms with Crippen LogP contribution in [0.5, 0.6) is 11.5 Å². The highest BCUT2D eigenvalue weighted by molar-refractivity contribution is 9.10. The Balaban J connectivity index is 2.39. The van der Waals surface area contributed by atoms with E-state index in [2.05, 4.69) is 15.9 Å². The molecule has 0 aliphatic rings. The van der Waals surface area contributed by atoms with Gasteiger partial charge in [0.05, 0.1) is 6.61 Å². The number of ether oxygens (including phenoxy) is 1. The van der Waals surface area contributed by atoms with E-state index in [4.69, 9.17) is 4.74 Å². The predicted octanol–water partition coefficient (Wildman–Crippen LogP) is 4.18. The fraction of sp³-hybridized carbons (Fsp3) is 0.143. The van der Waals surface area contributed by atoms with Gasteiger partial charge < -0.3 is 9.84 Å². The summed E-state index contributed by atoms with van der Waals surface area (Å²) < 4.78 is 20.2. The molecule has 0 radical (unpaired) electrons. The van der Waals surface area contributed by atoms with Crippen LogP contribution in [-0.4, -0.2) is 5.11 Å². The summed E-state index contributed by atoms with van der Waals surface area (Å²) in [6.07, 6.45) is 0. The van der Waals surface area contributed by atoms with Crippen molar-refractivity contribution in [1.29, 1.82) is 0 Å². The zero-order chi connectivity index (χ0) is 13.1. The number of aliphatic hydroxyl groups excluding tert-OH is 1. The average Bonchev–Trinajstić information content (AvgIpc) is 2.34. The highest BCUT2D eigenvalue weighted by Crippen LogP contribution is 2.31. The maximum atomic E-state index is 13.7. The Kier molecular flexibility index (Phi) is 3.99. The number of rotatable bonds is 3. The normalized spacial score (nSPS) is 10.4. The quantitative estimate of drug-likeness (QED) is 0.921. The number of benzene rings is 2. The Bertz CT molecular complexity index is 570. The smallest absolute Gasteiger partial charge is 0.168 e. The van der Waals surface area contributed by atoms with Crippen LogP contribution in [0.15, 0.2) is 40.9 Å². The van der Waals surface area contributed by atoms with Gasteiger partial charge >= 0.3 is 0 Å². The van der Waals surface area contributed by atoms with E-state index in [9.17, 15) is 9.50 Å². The summed E-state index contributed by atoms with van der Waals surface area (Å²) in [6.45, 7) is 1.61. The molecule has 0 aliphatic heterocycles. The first-order chi connectivity index (χ1) is 8.61. The molecule has 2 aromatic carbocycles. The molecule has 0 spiro atoms. The van der Waals surface area contributed by atoms with Crippen LogP contribution < -0.4 is 4.74 Å². The van der Waals surface area contributed by atoms with Crippen molar-refractivity contribution >= 4 is 15.9 Å². The topological polar surface area (TPSA) is 29.5 Å². The standard InChI is InChI=1S/C14H12BrFO2/c1-9-7-11(15)5-6-13(9)18-14-10(8-17)3-2-4-12(14)16/h2-7,17H,8H2,1H3. The Morgan fingerprint density at radius 3 is 2.72 bits per heavy atom. The van der Waals surface area contributed by atoms with Crippen LogP contribution in [0, 0.1) is 12.7 Å². The lowest BCUT2D eigenvalue weighted by Crippen LogP contribution is -1.96. The average molecular weight is 311 g/mol. The van der Waals surface area contributed by atoms with Crippen LogP contribution in [0.2, 0.25) is 0 Å². The zero-order valence-electron chi connectivity index (χ0n) is 9.78. The van der Waals surface area contributed by atoms with E-state index in [0.717, 1.165) is 10.0 Å². The Morgan fingerprint density at radius 2 is 2.06 bits per heavy atom. The van der Waals surface area contributed by atoms with Crippen molar-refractivity contribution in [2.24, 2.45) is 0 Å². The van der Waals surface area contributed by atoms with E-state index < -0.39 is 5.82 Å². The fourth-order valence-electron chi connectivity index (χ4n) is 1.63. The molecule has 0 aromatic heterocycles. The number of hydrogen-bond acceptors (Lipinski definition) is 2. The summed E-state index contributed by atoms with van der Waals surface area (Å²) in [4.78, 5) is 0. The lowest BCUT2D eigenvalue weighted by Gasteiger charge is -2.12. The third kappa shape index (κ3) is 2.71. The Hall–Kier alpha value is -1.39. The first kappa shape index (κ1) is 13.1. The van der Waals surface area contributed by atoms with Gasteiger partial charge in [0.2, 0.25) is 0 Å². The van der Waals surface area contributed by atoms with Crippen LogP contribution in [0.1, 0.15) is 11.1 Å². The van der Waals surface area contributed by atoms with Gasteiger partial charge in [0, 0.05) is 10.0 Å². The molecule has 0 fully saturated rings. The van der Waals surface area contributed by atoms with E-state index in [1.807, 2.05) is 19.1 Å². The van der Waals surface area contributed by atoms with Gasteiger partial charge in [-0.1, -0.05) is 28.1 Å². The van der Waals surface area contributed by atoms with Crippen LogP contribution in [-0.2, 0) is 6.61 Å². The largest absolute Gasteiger partial charge is 0.454 e. The minimum Gasteiger partial charge on any atom is -0.454 e. The van der Waals surface area contributed by atoms with Crippen molar-refractivity contribution in [3.8, 4) is 11.5 Å². The van der Waals surface area contributed by atoms with Gasteiger partial charge in [-0.15, -0.1) is 0 Å². The van der Waals surface area contributed by atoms with Crippen LogP contribution >= 0.6 is 15.9 Å². The van der Waals surface area contributed by atoms with Crippen molar-refractivity contribution in [2.45, 2.75) is 13.5 Å². The Labute approximate surface area is 113 Å². The lowest BCUT2D eigenvalue weighted by molar-refractivity contribution is 0.274. The summed E-state index contributed by atoms with van der Waals surface area (Å²) in [7, 11) is 0. The molecular weight excluding hydrogens is 299 g/mol. The highest BCUT2D eigenvalue weighted by Gasteiger charge is 2.11. The van der Waals surface area contributed by atoms with E-state index >= 15 is 0 Å². The molecule has 2 rings (SSSR count). The number of aliphatic hydroxyl groups is 1. The van der Waals surface area contributed by atoms with Gasteiger partial charge in [-0.2, -0.15) is 0 Å². The minimum atomic E-state index is -0.483. The second-order valence-corrected chi connectivity index (χ2v) is 4.81. The van der Waals surface area contributed by atoms with E-state index in [0.29, 0.717) is 11.3 Å². The zero-order valence-corrected chi connectivity index (χ0v) is 11.4. The molecule has 0 unspecified atom stereocenters. The molecule has 0 atom stereocenters. The second kappa shape index (κ2) is 5.50. The van der Waals surface area contributed by atoms with Gasteiger partial charge in [0.1, 0.15) is 5.75 Å². The number of para-hydroxylation sites is 1. The molecule has 4 heteroatoms. The monoisotopic (exact) mass is 310 g/mol. The number of aryl methyl sites for hydroxylation is 1. The molecule has 0 amide bonds. The molecule has 0 aliphatic carbocycles. The summed E-state index contributed by atoms with van der Waals surface area (Å²) in [5.41, 5.74) is 1.31. The van der Waals surface area contributed by atoms with Gasteiger partial charge in [0.15, 0.2) is 11.6 Å². The van der Waals surface area contributed by atoms with Crippen LogP contribution in [0.25, 0.3) is 0 Å². The summed E-state index contributed by atoms with van der Waals surface area (Å²) >= 11 is 3.35. The molecule has 0 bridgehead atoms. The van der Waals surface area contributed by atoms with Crippen LogP contribution in [0.4, 0.5) is 4.39 Å². The van der Waals surface area contributed by atoms with E-state index in [-0.39, 0.29) is 12.4 Å². The maximum absolute atomic E-state index is 13.7. The number of hydrogen-bond donors (Lipinski definition) is 1. The molecule has 0 heterocycles. The fourth-order valence-corrected chi connectivity index (χ4v) is 2.11. The van der Waals surface area contributed by atoms with Crippen molar-refractivity contribution in [3.63, 3.8) is 0 Å². The number of halogens is 2. The molecule has 94 valence electrons. The SMILES string of the molecule is Cc1cc(Br)ccc1Oc1c(F)cccc1CO. The van der Waals surface area contributed by atoms with Crippen molar-refractivity contribution in [1.82, 2.24) is 0 Å². The van der Waals surface area contributed by atoms with Crippen molar-refractivity contribution in [2.75, 3.05) is 0 Å². The first-order valence-electron chi connectivity index (χ1n) is 5.44. The highest BCUT2D eigenvalue weighted by atomic mass is 79.9. The maximum Gasteiger partial charge on any atom is 0.168 e. The Morgan fingerprint density at radius 1 is 1.28 bits per heavy atom. The summed E-state index contributed by atoms with van der Waals surface area (Å²) in [5, 5.41) is 9.18. The van der Waals surface area contributed by atoms with Gasteiger partial charge in [-0.05, 0) is 36.8 Å². The summed E-state index contributed by atoms with van der Waals surface area (Å²) in [6, 6.07) is 9.95. The molecule has 1 N–H and O–H groups in total. The third-order valence-corrected chi connectivity index (χ3v) is 3.06. The molecule has 2 nitrogen and oxygen atoms in total. The second-order valence-electron chi connectivity index (χ2n) is 3.90. The van der Waals surface area contributed by atoms with Gasteiger partial charge in [-0.3, -0.25) is 0 Å². The molecular formula is C14H12BrFO2. The van der Waals surface area contributed by atoms with Crippen molar-refractivity contribution < 1.29 is 14.2 Å². The van der Waals surface area contributed by atoms with Gasteiger partial charge in [-0.25, -0.2) is 4.39 Å². The third-order valence-electron chi connectivity index (χ3n) is 2.57. The van der Waals surface area contributed by atoms with E-state index in [1.54, 1.807) is 18.2 Å². The molecule has 18 heavy (non-hydrogen) atoms. The van der Waals surface area contributed by atoms with Crippen molar-refractivity contribution in [3.05, 3.63) is 57.8 Å². The molecule has 0 saturated heterocycles. The lowest BCUT2D eigenvalue weighted by atomic mass is 10.2. The molecule has 2 aromatic rings. The molecule has 0 saturated carbocycles. The van der Waals surface area contributed by atoms with Gasteiger partial charge in [0.25, 0.3) is 0 Å². The summed E-state index contributed by atoms with van der Waals surface area (Å²) in [5.74, 6) is 0.160. The van der Waals surface area contributed by atoms with E-state index in [1.165, 1.54) is 6.07 Å². The first-order valence-corrected chi connectivity index (χ1v) is 6.23. The predicted molar refractivity (Wildman–Crippen MR) is 71.3 cm³/mol.